The molecule has 2 aliphatic rings. The second kappa shape index (κ2) is 6.41. The number of aryl methyl sites for hydroxylation is 1. The summed E-state index contributed by atoms with van der Waals surface area (Å²) in [6, 6.07) is 0.450. The molecule has 0 amide bonds. The number of ether oxygens (including phenoxy) is 1. The van der Waals surface area contributed by atoms with Crippen molar-refractivity contribution in [2.24, 2.45) is 0 Å². The molecule has 1 atom stereocenters. The number of nitrogens with zero attached hydrogens (tertiary/aromatic N) is 5. The molecule has 4 heterocycles. The molecule has 7 nitrogen and oxygen atoms in total. The van der Waals surface area contributed by atoms with E-state index in [1.807, 2.05) is 6.20 Å². The van der Waals surface area contributed by atoms with Crippen molar-refractivity contribution in [3.63, 3.8) is 0 Å². The van der Waals surface area contributed by atoms with E-state index in [1.54, 1.807) is 0 Å². The standard InChI is InChI=1S/C16H23N5O2/c1-12-8-17-21(9-12)14-2-5-20(10-14)11-15-18-16(23-19-15)13-3-6-22-7-4-13/h8-9,13-14H,2-7,10-11H2,1H3. The SMILES string of the molecule is Cc1cnn(C2CCN(Cc3noc(C4CCOCC4)n3)C2)c1. The van der Waals surface area contributed by atoms with Crippen LogP contribution in [0.4, 0.5) is 0 Å². The first kappa shape index (κ1) is 14.8. The summed E-state index contributed by atoms with van der Waals surface area (Å²) in [4.78, 5) is 6.98. The van der Waals surface area contributed by atoms with Crippen molar-refractivity contribution in [2.75, 3.05) is 26.3 Å². The first-order valence-corrected chi connectivity index (χ1v) is 8.41. The fraction of sp³-hybridized carbons (Fsp3) is 0.688. The molecule has 0 radical (unpaired) electrons. The first-order valence-electron chi connectivity index (χ1n) is 8.41. The van der Waals surface area contributed by atoms with Gasteiger partial charge in [0.15, 0.2) is 5.82 Å². The van der Waals surface area contributed by atoms with Crippen LogP contribution in [0, 0.1) is 6.92 Å². The number of aromatic nitrogens is 4. The zero-order valence-electron chi connectivity index (χ0n) is 13.5. The number of hydrogen-bond acceptors (Lipinski definition) is 6. The van der Waals surface area contributed by atoms with Gasteiger partial charge in [-0.2, -0.15) is 10.1 Å². The molecule has 2 aromatic rings. The van der Waals surface area contributed by atoms with Crippen LogP contribution in [-0.2, 0) is 11.3 Å². The fourth-order valence-electron chi connectivity index (χ4n) is 3.45. The minimum absolute atomic E-state index is 0.364. The third-order valence-corrected chi connectivity index (χ3v) is 4.77. The lowest BCUT2D eigenvalue weighted by molar-refractivity contribution is 0.0778. The summed E-state index contributed by atoms with van der Waals surface area (Å²) >= 11 is 0. The summed E-state index contributed by atoms with van der Waals surface area (Å²) in [6.07, 6.45) is 7.11. The van der Waals surface area contributed by atoms with E-state index in [0.717, 1.165) is 63.8 Å². The van der Waals surface area contributed by atoms with Gasteiger partial charge in [-0.3, -0.25) is 9.58 Å². The van der Waals surface area contributed by atoms with Crippen LogP contribution in [0.25, 0.3) is 0 Å². The smallest absolute Gasteiger partial charge is 0.229 e. The van der Waals surface area contributed by atoms with Crippen molar-refractivity contribution in [2.45, 2.75) is 44.7 Å². The molecule has 0 saturated carbocycles. The lowest BCUT2D eigenvalue weighted by atomic mass is 10.0. The van der Waals surface area contributed by atoms with Crippen LogP contribution in [0.5, 0.6) is 0 Å². The van der Waals surface area contributed by atoms with Crippen LogP contribution in [0.1, 0.15) is 48.5 Å². The first-order chi connectivity index (χ1) is 11.3. The molecule has 0 spiro atoms. The molecule has 7 heteroatoms. The molecule has 0 bridgehead atoms. The Hall–Kier alpha value is -1.73. The van der Waals surface area contributed by atoms with E-state index in [-0.39, 0.29) is 0 Å². The van der Waals surface area contributed by atoms with Gasteiger partial charge in [0.2, 0.25) is 5.89 Å². The number of likely N-dealkylation sites (tertiary alicyclic amines) is 1. The van der Waals surface area contributed by atoms with Gasteiger partial charge in [0.05, 0.1) is 18.8 Å². The predicted molar refractivity (Wildman–Crippen MR) is 83.0 cm³/mol. The molecule has 4 rings (SSSR count). The Bertz CT molecular complexity index is 646. The summed E-state index contributed by atoms with van der Waals surface area (Å²) < 4.78 is 12.9. The van der Waals surface area contributed by atoms with Gasteiger partial charge in [0.25, 0.3) is 0 Å². The summed E-state index contributed by atoms with van der Waals surface area (Å²) in [5.41, 5.74) is 1.21. The zero-order chi connectivity index (χ0) is 15.6. The molecule has 0 aliphatic carbocycles. The van der Waals surface area contributed by atoms with Crippen LogP contribution in [0.2, 0.25) is 0 Å². The Morgan fingerprint density at radius 1 is 1.26 bits per heavy atom. The van der Waals surface area contributed by atoms with Crippen molar-refractivity contribution in [1.82, 2.24) is 24.8 Å². The Morgan fingerprint density at radius 2 is 2.13 bits per heavy atom. The van der Waals surface area contributed by atoms with Crippen molar-refractivity contribution in [3.05, 3.63) is 29.7 Å². The molecule has 2 aromatic heterocycles. The highest BCUT2D eigenvalue weighted by Crippen LogP contribution is 2.26. The van der Waals surface area contributed by atoms with Gasteiger partial charge in [0, 0.05) is 38.4 Å². The molecule has 0 aromatic carbocycles. The lowest BCUT2D eigenvalue weighted by Crippen LogP contribution is -2.22. The maximum absolute atomic E-state index is 5.47. The van der Waals surface area contributed by atoms with Crippen molar-refractivity contribution in [3.8, 4) is 0 Å². The van der Waals surface area contributed by atoms with E-state index < -0.39 is 0 Å². The van der Waals surface area contributed by atoms with Crippen molar-refractivity contribution >= 4 is 0 Å². The van der Waals surface area contributed by atoms with Crippen LogP contribution in [0.3, 0.4) is 0 Å². The molecular formula is C16H23N5O2. The number of rotatable bonds is 4. The van der Waals surface area contributed by atoms with E-state index in [1.165, 1.54) is 5.56 Å². The van der Waals surface area contributed by atoms with Gasteiger partial charge in [-0.05, 0) is 31.7 Å². The molecular weight excluding hydrogens is 294 g/mol. The topological polar surface area (TPSA) is 69.2 Å². The fourth-order valence-corrected chi connectivity index (χ4v) is 3.45. The van der Waals surface area contributed by atoms with Crippen LogP contribution >= 0.6 is 0 Å². The predicted octanol–water partition coefficient (Wildman–Crippen LogP) is 1.92. The maximum atomic E-state index is 5.47. The van der Waals surface area contributed by atoms with Crippen molar-refractivity contribution < 1.29 is 9.26 Å². The molecule has 2 fully saturated rings. The Kier molecular flexibility index (Phi) is 4.13. The second-order valence-corrected chi connectivity index (χ2v) is 6.61. The van der Waals surface area contributed by atoms with E-state index in [4.69, 9.17) is 9.26 Å². The normalized spacial score (nSPS) is 23.6. The summed E-state index contributed by atoms with van der Waals surface area (Å²) in [7, 11) is 0. The van der Waals surface area contributed by atoms with Gasteiger partial charge in [0.1, 0.15) is 0 Å². The highest BCUT2D eigenvalue weighted by molar-refractivity contribution is 5.01. The quantitative estimate of drug-likeness (QED) is 0.858. The van der Waals surface area contributed by atoms with E-state index in [2.05, 4.69) is 37.9 Å². The van der Waals surface area contributed by atoms with E-state index in [0.29, 0.717) is 12.0 Å². The summed E-state index contributed by atoms with van der Waals surface area (Å²) in [5, 5.41) is 8.60. The van der Waals surface area contributed by atoms with Gasteiger partial charge in [-0.25, -0.2) is 0 Å². The molecule has 2 saturated heterocycles. The highest BCUT2D eigenvalue weighted by Gasteiger charge is 2.27. The second-order valence-electron chi connectivity index (χ2n) is 6.61. The van der Waals surface area contributed by atoms with E-state index in [9.17, 15) is 0 Å². The Balaban J connectivity index is 1.35. The monoisotopic (exact) mass is 317 g/mol. The lowest BCUT2D eigenvalue weighted by Gasteiger charge is -2.18. The average Bonchev–Trinajstić information content (AvgIpc) is 3.29. The molecule has 124 valence electrons. The molecule has 2 aliphatic heterocycles. The average molecular weight is 317 g/mol. The molecule has 0 N–H and O–H groups in total. The zero-order valence-corrected chi connectivity index (χ0v) is 13.5. The van der Waals surface area contributed by atoms with Crippen LogP contribution < -0.4 is 0 Å². The minimum Gasteiger partial charge on any atom is -0.381 e. The highest BCUT2D eigenvalue weighted by atomic mass is 16.5. The van der Waals surface area contributed by atoms with Gasteiger partial charge >= 0.3 is 0 Å². The third kappa shape index (κ3) is 3.30. The van der Waals surface area contributed by atoms with Gasteiger partial charge in [-0.1, -0.05) is 5.16 Å². The van der Waals surface area contributed by atoms with Gasteiger partial charge in [-0.15, -0.1) is 0 Å². The minimum atomic E-state index is 0.364. The van der Waals surface area contributed by atoms with Gasteiger partial charge < -0.3 is 9.26 Å². The summed E-state index contributed by atoms with van der Waals surface area (Å²) in [5.74, 6) is 1.94. The van der Waals surface area contributed by atoms with Crippen molar-refractivity contribution in [1.29, 1.82) is 0 Å². The third-order valence-electron chi connectivity index (χ3n) is 4.77. The Morgan fingerprint density at radius 3 is 2.91 bits per heavy atom. The van der Waals surface area contributed by atoms with Crippen LogP contribution in [-0.4, -0.2) is 51.1 Å². The maximum Gasteiger partial charge on any atom is 0.229 e. The summed E-state index contributed by atoms with van der Waals surface area (Å²) in [6.45, 7) is 6.45. The van der Waals surface area contributed by atoms with Crippen LogP contribution in [0.15, 0.2) is 16.9 Å². The molecule has 1 unspecified atom stereocenters. The van der Waals surface area contributed by atoms with E-state index >= 15 is 0 Å². The number of hydrogen-bond donors (Lipinski definition) is 0. The Labute approximate surface area is 135 Å². The molecule has 23 heavy (non-hydrogen) atoms. The largest absolute Gasteiger partial charge is 0.381 e.